The molecular formula is C16H18OS. The van der Waals surface area contributed by atoms with E-state index in [0.29, 0.717) is 0 Å². The second-order valence-electron chi connectivity index (χ2n) is 4.71. The zero-order chi connectivity index (χ0) is 13.3. The predicted molar refractivity (Wildman–Crippen MR) is 76.5 cm³/mol. The van der Waals surface area contributed by atoms with Crippen LogP contribution < -0.4 is 0 Å². The molecule has 0 saturated carbocycles. The summed E-state index contributed by atoms with van der Waals surface area (Å²) in [6, 6.07) is 12.1. The van der Waals surface area contributed by atoms with Crippen LogP contribution in [0, 0.1) is 27.7 Å². The van der Waals surface area contributed by atoms with Crippen molar-refractivity contribution in [2.75, 3.05) is 0 Å². The van der Waals surface area contributed by atoms with Gasteiger partial charge in [0.25, 0.3) is 0 Å². The normalized spacial score (nSPS) is 11.0. The molecule has 0 atom stereocenters. The smallest absolute Gasteiger partial charge is 0.164 e. The Morgan fingerprint density at radius 3 is 1.22 bits per heavy atom. The first-order valence-electron chi connectivity index (χ1n) is 6.06. The van der Waals surface area contributed by atoms with Crippen LogP contribution in [0.3, 0.4) is 0 Å². The maximum Gasteiger partial charge on any atom is 0.164 e. The average Bonchev–Trinajstić information content (AvgIpc) is 2.28. The Labute approximate surface area is 112 Å². The van der Waals surface area contributed by atoms with E-state index in [1.165, 1.54) is 0 Å². The second kappa shape index (κ2) is 5.17. The Hall–Kier alpha value is -1.25. The van der Waals surface area contributed by atoms with Crippen molar-refractivity contribution in [2.24, 2.45) is 0 Å². The molecule has 0 radical (unpaired) electrons. The Morgan fingerprint density at radius 2 is 0.944 bits per heavy atom. The molecule has 0 fully saturated rings. The van der Waals surface area contributed by atoms with Crippen molar-refractivity contribution in [3.8, 4) is 0 Å². The molecular weight excluding hydrogens is 240 g/mol. The summed E-state index contributed by atoms with van der Waals surface area (Å²) >= 11 is -1.09. The Balaban J connectivity index is 2.58. The highest BCUT2D eigenvalue weighted by Gasteiger charge is 2.23. The molecule has 94 valence electrons. The summed E-state index contributed by atoms with van der Waals surface area (Å²) in [7, 11) is 0. The van der Waals surface area contributed by atoms with Crippen molar-refractivity contribution >= 4 is 11.2 Å². The largest absolute Gasteiger partial charge is 0.606 e. The van der Waals surface area contributed by atoms with Gasteiger partial charge in [0.1, 0.15) is 0 Å². The average molecular weight is 258 g/mol. The fraction of sp³-hybridized carbons (Fsp3) is 0.250. The van der Waals surface area contributed by atoms with E-state index in [4.69, 9.17) is 0 Å². The van der Waals surface area contributed by atoms with Gasteiger partial charge in [-0.2, -0.15) is 0 Å². The standard InChI is InChI=1S/C16H18OS/c1-11-7-5-8-12(2)15(11)18(17)16-13(3)9-6-10-14(16)4/h5-10H,1-4H3. The summed E-state index contributed by atoms with van der Waals surface area (Å²) in [4.78, 5) is 1.91. The van der Waals surface area contributed by atoms with Crippen LogP contribution in [0.2, 0.25) is 0 Å². The molecule has 0 aliphatic heterocycles. The van der Waals surface area contributed by atoms with Gasteiger partial charge in [-0.1, -0.05) is 36.4 Å². The van der Waals surface area contributed by atoms with Gasteiger partial charge in [-0.15, -0.1) is 0 Å². The zero-order valence-corrected chi connectivity index (χ0v) is 12.1. The Kier molecular flexibility index (Phi) is 3.79. The van der Waals surface area contributed by atoms with Gasteiger partial charge in [-0.25, -0.2) is 0 Å². The molecule has 0 N–H and O–H groups in total. The molecule has 0 spiro atoms. The lowest BCUT2D eigenvalue weighted by Crippen LogP contribution is -2.09. The van der Waals surface area contributed by atoms with Crippen molar-refractivity contribution in [2.45, 2.75) is 37.5 Å². The first-order valence-corrected chi connectivity index (χ1v) is 7.21. The van der Waals surface area contributed by atoms with E-state index in [9.17, 15) is 4.55 Å². The minimum Gasteiger partial charge on any atom is -0.606 e. The Morgan fingerprint density at radius 1 is 0.667 bits per heavy atom. The lowest BCUT2D eigenvalue weighted by atomic mass is 10.1. The molecule has 0 aliphatic rings. The summed E-state index contributed by atoms with van der Waals surface area (Å²) in [5.74, 6) is 0. The van der Waals surface area contributed by atoms with Crippen molar-refractivity contribution in [1.82, 2.24) is 0 Å². The van der Waals surface area contributed by atoms with Crippen LogP contribution in [0.4, 0.5) is 0 Å². The third-order valence-electron chi connectivity index (χ3n) is 3.19. The van der Waals surface area contributed by atoms with Crippen LogP contribution in [-0.4, -0.2) is 4.55 Å². The van der Waals surface area contributed by atoms with Crippen molar-refractivity contribution in [1.29, 1.82) is 0 Å². The van der Waals surface area contributed by atoms with Gasteiger partial charge < -0.3 is 4.55 Å². The summed E-state index contributed by atoms with van der Waals surface area (Å²) < 4.78 is 12.8. The molecule has 1 nitrogen and oxygen atoms in total. The first-order chi connectivity index (χ1) is 8.52. The zero-order valence-electron chi connectivity index (χ0n) is 11.3. The van der Waals surface area contributed by atoms with Crippen molar-refractivity contribution < 1.29 is 4.55 Å². The lowest BCUT2D eigenvalue weighted by molar-refractivity contribution is 0.592. The van der Waals surface area contributed by atoms with Crippen LogP contribution in [-0.2, 0) is 11.2 Å². The monoisotopic (exact) mass is 258 g/mol. The molecule has 0 aliphatic carbocycles. The maximum atomic E-state index is 12.8. The molecule has 2 aromatic rings. The quantitative estimate of drug-likeness (QED) is 0.744. The van der Waals surface area contributed by atoms with E-state index in [1.54, 1.807) is 0 Å². The highest BCUT2D eigenvalue weighted by atomic mass is 32.2. The number of benzene rings is 2. The van der Waals surface area contributed by atoms with Crippen molar-refractivity contribution in [3.05, 3.63) is 58.7 Å². The molecule has 0 unspecified atom stereocenters. The van der Waals surface area contributed by atoms with Crippen LogP contribution in [0.1, 0.15) is 22.3 Å². The van der Waals surface area contributed by atoms with E-state index < -0.39 is 11.2 Å². The summed E-state index contributed by atoms with van der Waals surface area (Å²) in [6.45, 7) is 8.09. The Bertz CT molecular complexity index is 483. The number of hydrogen-bond donors (Lipinski definition) is 0. The van der Waals surface area contributed by atoms with Crippen LogP contribution in [0.5, 0.6) is 0 Å². The van der Waals surface area contributed by atoms with Crippen LogP contribution >= 0.6 is 0 Å². The minimum absolute atomic E-state index is 0.954. The second-order valence-corrected chi connectivity index (χ2v) is 6.06. The number of rotatable bonds is 2. The van der Waals surface area contributed by atoms with Gasteiger partial charge in [0, 0.05) is 33.4 Å². The molecule has 18 heavy (non-hydrogen) atoms. The van der Waals surface area contributed by atoms with E-state index in [0.717, 1.165) is 32.0 Å². The predicted octanol–water partition coefficient (Wildman–Crippen LogP) is 4.09. The summed E-state index contributed by atoms with van der Waals surface area (Å²) in [6.07, 6.45) is 0. The van der Waals surface area contributed by atoms with E-state index in [-0.39, 0.29) is 0 Å². The molecule has 2 aromatic carbocycles. The van der Waals surface area contributed by atoms with Gasteiger partial charge in [0.2, 0.25) is 0 Å². The highest BCUT2D eigenvalue weighted by Crippen LogP contribution is 2.30. The van der Waals surface area contributed by atoms with Gasteiger partial charge in [-0.05, 0) is 27.7 Å². The van der Waals surface area contributed by atoms with Gasteiger partial charge in [0.15, 0.2) is 9.79 Å². The summed E-state index contributed by atoms with van der Waals surface area (Å²) in [5.41, 5.74) is 4.37. The van der Waals surface area contributed by atoms with Gasteiger partial charge in [-0.3, -0.25) is 0 Å². The molecule has 0 aromatic heterocycles. The third kappa shape index (κ3) is 2.31. The third-order valence-corrected chi connectivity index (χ3v) is 5.22. The van der Waals surface area contributed by atoms with Gasteiger partial charge in [0.05, 0.1) is 0 Å². The van der Waals surface area contributed by atoms with E-state index in [2.05, 4.69) is 0 Å². The number of aryl methyl sites for hydroxylation is 4. The highest BCUT2D eigenvalue weighted by molar-refractivity contribution is 7.91. The molecule has 0 heterocycles. The molecule has 0 bridgehead atoms. The molecule has 0 amide bonds. The van der Waals surface area contributed by atoms with E-state index in [1.807, 2.05) is 64.1 Å². The van der Waals surface area contributed by atoms with Crippen LogP contribution in [0.15, 0.2) is 46.2 Å². The number of hydrogen-bond acceptors (Lipinski definition) is 1. The van der Waals surface area contributed by atoms with Gasteiger partial charge >= 0.3 is 0 Å². The fourth-order valence-corrected chi connectivity index (χ4v) is 3.93. The SMILES string of the molecule is Cc1cccc(C)c1[S+]([O-])c1c(C)cccc1C. The first kappa shape index (κ1) is 13.2. The molecule has 2 heteroatoms. The van der Waals surface area contributed by atoms with Crippen molar-refractivity contribution in [3.63, 3.8) is 0 Å². The van der Waals surface area contributed by atoms with E-state index >= 15 is 0 Å². The molecule has 2 rings (SSSR count). The molecule has 0 saturated heterocycles. The topological polar surface area (TPSA) is 23.1 Å². The fourth-order valence-electron chi connectivity index (χ4n) is 2.29. The lowest BCUT2D eigenvalue weighted by Gasteiger charge is -2.17. The maximum absolute atomic E-state index is 12.8. The van der Waals surface area contributed by atoms with Crippen LogP contribution in [0.25, 0.3) is 0 Å². The minimum atomic E-state index is -1.09. The summed E-state index contributed by atoms with van der Waals surface area (Å²) in [5, 5.41) is 0.